The molecule has 49 nitrogen and oxygen atoms in total. The first-order valence-electron chi connectivity index (χ1n) is 46.2. The molecule has 16 aromatic heterocycles. The number of rotatable bonds is 15. The number of nitro groups is 1. The van der Waals surface area contributed by atoms with Gasteiger partial charge in [-0.15, -0.1) is 22.7 Å². The lowest BCUT2D eigenvalue weighted by atomic mass is 10.3. The number of hydrogen-bond donors (Lipinski definition) is 16. The molecule has 2 amide bonds. The van der Waals surface area contributed by atoms with Crippen LogP contribution >= 0.6 is 157 Å². The minimum atomic E-state index is -0.526. The number of nitrogens with two attached hydrogens (primary N) is 14. The lowest BCUT2D eigenvalue weighted by Crippen LogP contribution is -2.27. The normalized spacial score (nSPS) is 18.6. The van der Waals surface area contributed by atoms with Crippen molar-refractivity contribution >= 4 is 307 Å². The molecule has 0 aliphatic carbocycles. The van der Waals surface area contributed by atoms with Gasteiger partial charge in [0.25, 0.3) is 0 Å². The zero-order valence-electron chi connectivity index (χ0n) is 78.3. The number of carbonyl (C=O) groups excluding carboxylic acids is 1. The number of aromatic nitrogens is 21. The number of halogens is 9. The Hall–Kier alpha value is -11.7. The summed E-state index contributed by atoms with van der Waals surface area (Å²) in [5.74, 6) is 8.35. The van der Waals surface area contributed by atoms with E-state index in [4.69, 9.17) is 108 Å². The maximum absolute atomic E-state index is 12.2. The Kier molecular flexibility index (Phi) is 32.5. The number of nitrogens with one attached hydrogen (secondary N) is 2. The molecule has 0 saturated carbocycles. The highest BCUT2D eigenvalue weighted by Gasteiger charge is 2.35. The Bertz CT molecular complexity index is 7180. The predicted molar refractivity (Wildman–Crippen MR) is 604 cm³/mol. The van der Waals surface area contributed by atoms with E-state index in [-0.39, 0.29) is 65.5 Å². The molecule has 7 aliphatic rings. The first-order valence-corrected chi connectivity index (χ1v) is 54.3. The molecule has 0 spiro atoms. The van der Waals surface area contributed by atoms with Gasteiger partial charge in [0.15, 0.2) is 45.5 Å². The fourth-order valence-electron chi connectivity index (χ4n) is 17.6. The summed E-state index contributed by atoms with van der Waals surface area (Å²) in [5.41, 5.74) is 90.3. The smallest absolute Gasteiger partial charge is 0.333 e. The molecule has 30 N–H and O–H groups in total. The quantitative estimate of drug-likeness (QED) is 0.0335. The number of para-hydroxylation sites is 1. The Balaban J connectivity index is 0.000000113. The predicted octanol–water partition coefficient (Wildman–Crippen LogP) is 10.5. The van der Waals surface area contributed by atoms with E-state index in [1.165, 1.54) is 34.0 Å². The van der Waals surface area contributed by atoms with Crippen LogP contribution in [0.5, 0.6) is 0 Å². The van der Waals surface area contributed by atoms with Gasteiger partial charge in [0.05, 0.1) is 73.1 Å². The fraction of sp³-hybridized carbons (Fsp3) is 0.345. The van der Waals surface area contributed by atoms with Crippen LogP contribution in [0.4, 0.5) is 109 Å². The highest BCUT2D eigenvalue weighted by Crippen LogP contribution is 2.42. The number of amides is 2. The summed E-state index contributed by atoms with van der Waals surface area (Å²) in [5, 5.41) is 50.8. The van der Waals surface area contributed by atoms with Crippen molar-refractivity contribution in [3.63, 3.8) is 0 Å². The van der Waals surface area contributed by atoms with E-state index in [1.54, 1.807) is 79.2 Å². The summed E-state index contributed by atoms with van der Waals surface area (Å²) in [6.45, 7) is 12.8. The summed E-state index contributed by atoms with van der Waals surface area (Å²) in [7, 11) is 0. The molecule has 7 aliphatic heterocycles. The van der Waals surface area contributed by atoms with Gasteiger partial charge in [-0.05, 0) is 191 Å². The summed E-state index contributed by atoms with van der Waals surface area (Å²) >= 11 is 40.0. The number of carbonyl (C=O) groups is 1. The monoisotopic (exact) mass is 2530 g/mol. The third kappa shape index (κ3) is 22.9. The Morgan fingerprint density at radius 1 is 0.381 bits per heavy atom. The van der Waals surface area contributed by atoms with Gasteiger partial charge in [0.1, 0.15) is 111 Å². The molecule has 7 saturated heterocycles. The zero-order valence-corrected chi connectivity index (χ0v) is 92.5. The molecule has 24 rings (SSSR count). The number of anilines is 17. The van der Waals surface area contributed by atoms with Crippen molar-refractivity contribution in [2.75, 3.05) is 182 Å². The molecule has 0 bridgehead atoms. The Labute approximate surface area is 915 Å². The van der Waals surface area contributed by atoms with E-state index in [0.717, 1.165) is 211 Å². The van der Waals surface area contributed by atoms with Gasteiger partial charge in [-0.1, -0.05) is 53.5 Å². The van der Waals surface area contributed by atoms with Crippen LogP contribution < -0.4 is 130 Å². The van der Waals surface area contributed by atoms with Gasteiger partial charge in [-0.3, -0.25) is 10.1 Å². The SMILES string of the molecule is Nc1c(Br)c(N2CC[C@@H](N)C2)nc2c(Br)cnn12.Nc1c(Br)c(N2CC[C@H](N)C2)nc2c(Br)cnn12.Nc1c(Br)c(N2CC[C@H](N)C2)nc2c([N+](=O)[O-])cnn12.Nc1c(Cl)c(N2CC[C@@H](N)C2)nc2c(Br)cnn12.Nc1c(Cl)c(N2CC[C@H](N)C2)nc2c(Br)cnn12.Nc1cc(N2CC[C@H](N)C2)nc2c(N(Cc3cccs3)Cc3cccs3)cnn12.Nc1cc(N2CC[C@H](N)C2)nc2c(NC(=O)Nc3ccccc3)cnn12. The van der Waals surface area contributed by atoms with Gasteiger partial charge in [-0.25, -0.2) is 39.7 Å². The molecule has 60 heteroatoms. The van der Waals surface area contributed by atoms with Gasteiger partial charge < -0.3 is 130 Å². The van der Waals surface area contributed by atoms with Crippen LogP contribution in [0.25, 0.3) is 39.5 Å². The van der Waals surface area contributed by atoms with Crippen molar-refractivity contribution in [1.29, 1.82) is 0 Å². The average molecular weight is 2540 g/mol. The van der Waals surface area contributed by atoms with Gasteiger partial charge in [0, 0.05) is 161 Å². The van der Waals surface area contributed by atoms with Crippen molar-refractivity contribution < 1.29 is 9.72 Å². The molecule has 23 heterocycles. The lowest BCUT2D eigenvalue weighted by molar-refractivity contribution is -0.383. The van der Waals surface area contributed by atoms with Crippen LogP contribution in [0.3, 0.4) is 0 Å². The van der Waals surface area contributed by atoms with Crippen molar-refractivity contribution in [2.24, 2.45) is 40.1 Å². The summed E-state index contributed by atoms with van der Waals surface area (Å²) in [4.78, 5) is 74.5. The average Bonchev–Trinajstić information content (AvgIpc) is 1.51. The van der Waals surface area contributed by atoms with Gasteiger partial charge in [0.2, 0.25) is 5.65 Å². The van der Waals surface area contributed by atoms with Crippen LogP contribution in [0, 0.1) is 10.1 Å². The summed E-state index contributed by atoms with van der Waals surface area (Å²) < 4.78 is 16.0. The largest absolute Gasteiger partial charge is 0.383 e. The molecule has 7 fully saturated rings. The molecule has 0 radical (unpaired) electrons. The third-order valence-corrected chi connectivity index (χ3v) is 32.1. The number of nitrogen functional groups attached to an aromatic ring is 7. The first kappa shape index (κ1) is 105. The number of thiophene rings is 2. The number of benzene rings is 1. The van der Waals surface area contributed by atoms with Crippen molar-refractivity contribution in [2.45, 2.75) is 100 Å². The van der Waals surface area contributed by atoms with Crippen molar-refractivity contribution in [3.05, 3.63) is 182 Å². The van der Waals surface area contributed by atoms with E-state index < -0.39 is 4.92 Å². The van der Waals surface area contributed by atoms with Crippen LogP contribution in [-0.4, -0.2) is 247 Å². The van der Waals surface area contributed by atoms with E-state index in [2.05, 4.69) is 257 Å². The summed E-state index contributed by atoms with van der Waals surface area (Å²) in [6.07, 6.45) is 17.8. The number of urea groups is 1. The van der Waals surface area contributed by atoms with E-state index in [9.17, 15) is 14.9 Å². The van der Waals surface area contributed by atoms with Crippen LogP contribution in [0.1, 0.15) is 54.7 Å². The maximum atomic E-state index is 12.2. The molecular weight excluding hydrogens is 2430 g/mol. The highest BCUT2D eigenvalue weighted by atomic mass is 79.9. The molecule has 774 valence electrons. The lowest BCUT2D eigenvalue weighted by Gasteiger charge is -2.23. The summed E-state index contributed by atoms with van der Waals surface area (Å²) in [6, 6.07) is 22.1. The molecule has 0 unspecified atom stereocenters. The Morgan fingerprint density at radius 2 is 0.701 bits per heavy atom. The third-order valence-electron chi connectivity index (χ3n) is 25.2. The zero-order chi connectivity index (χ0) is 104. The molecule has 1 aromatic carbocycles. The van der Waals surface area contributed by atoms with Gasteiger partial charge >= 0.3 is 11.7 Å². The highest BCUT2D eigenvalue weighted by molar-refractivity contribution is 9.11. The minimum Gasteiger partial charge on any atom is -0.383 e. The topological polar surface area (TPSA) is 686 Å². The maximum Gasteiger partial charge on any atom is 0.333 e. The second-order valence-corrected chi connectivity index (χ2v) is 44.3. The van der Waals surface area contributed by atoms with E-state index in [1.807, 2.05) is 35.4 Å². The Morgan fingerprint density at radius 3 is 1.06 bits per heavy atom. The fourth-order valence-corrected chi connectivity index (χ4v) is 22.5. The molecule has 147 heavy (non-hydrogen) atoms. The van der Waals surface area contributed by atoms with Crippen LogP contribution in [-0.2, 0) is 13.1 Å². The van der Waals surface area contributed by atoms with Crippen molar-refractivity contribution in [1.82, 2.24) is 102 Å². The number of hydrogen-bond acceptors (Lipinski definition) is 41. The second-order valence-electron chi connectivity index (χ2n) is 35.7. The number of fused-ring (bicyclic) bond motifs is 7. The molecular formula is C87H103Br7Cl2N46O3S2. The standard InChI is InChI=1S/C20H23N7S2.C17H20N8O.2C10H12Br2N6.2C10H12BrClN6.C10H12BrN7O2/c21-14-5-6-25(11-14)19-9-18(22)27-20(24-19)17(10-23-27)26(12-15-3-1-7-28-15)13-16-4-2-8-29-16;18-11-6-7-24(10-11)15-8-14(19)25-16(23-15)13(9-20-25)22-17(26)21-12-4-2-1-3-5-12;4*11-6-3-15-18-8(14)7(12)10(16-9(6)18)17-2-1-5(13)4-17;11-7-8(13)17-9(6(3-14-17)18(19)20)15-10(7)16-2-1-5(12)4-16/h1-4,7-10,14H,5-6,11-13,21-22H2;1-5,8-9,11H,6-7,10,18-19H2,(H2,21,22,26);4*3,5H,1-2,4,13-14H2;3,5H,1-2,4,12-13H2/t14-;11-;5*5-/m0010100/s1. The number of nitrogens with zero attached hydrogens (tertiary/aromatic N) is 30. The first-order chi connectivity index (χ1) is 70.6. The van der Waals surface area contributed by atoms with Crippen molar-refractivity contribution in [3.8, 4) is 0 Å². The van der Waals surface area contributed by atoms with E-state index >= 15 is 0 Å². The van der Waals surface area contributed by atoms with E-state index in [0.29, 0.717) is 113 Å². The molecule has 7 atom stereocenters. The van der Waals surface area contributed by atoms with Crippen LogP contribution in [0.15, 0.2) is 152 Å². The minimum absolute atomic E-state index is 0.0704. The second kappa shape index (κ2) is 45.4. The van der Waals surface area contributed by atoms with Crippen LogP contribution in [0.2, 0.25) is 10.0 Å². The molecule has 17 aromatic rings. The van der Waals surface area contributed by atoms with Gasteiger partial charge in [-0.2, -0.15) is 67.3 Å².